The van der Waals surface area contributed by atoms with E-state index in [9.17, 15) is 0 Å². The fraction of sp³-hybridized carbons (Fsp3) is 0. The molecule has 0 atom stereocenters. The summed E-state index contributed by atoms with van der Waals surface area (Å²) in [5.41, 5.74) is 4.73. The van der Waals surface area contributed by atoms with Gasteiger partial charge in [-0.25, -0.2) is 9.98 Å². The van der Waals surface area contributed by atoms with E-state index in [0.717, 1.165) is 22.3 Å². The Morgan fingerprint density at radius 1 is 1.13 bits per heavy atom. The average molecular weight is 212 g/mol. The van der Waals surface area contributed by atoms with Gasteiger partial charge in [0.15, 0.2) is 0 Å². The molecule has 2 heterocycles. The minimum atomic E-state index is 0.940. The molecule has 1 aliphatic heterocycles. The van der Waals surface area contributed by atoms with Gasteiger partial charge in [-0.05, 0) is 23.6 Å². The summed E-state index contributed by atoms with van der Waals surface area (Å²) in [4.78, 5) is 8.91. The Morgan fingerprint density at radius 3 is 3.07 bits per heavy atom. The van der Waals surface area contributed by atoms with Crippen LogP contribution in [-0.4, -0.2) is 10.5 Å². The first-order chi connectivity index (χ1) is 7.43. The quantitative estimate of drug-likeness (QED) is 0.666. The lowest BCUT2D eigenvalue weighted by Gasteiger charge is -2.01. The first-order valence-corrected chi connectivity index (χ1v) is 5.62. The molecule has 1 aromatic carbocycles. The summed E-state index contributed by atoms with van der Waals surface area (Å²) in [6, 6.07) is 10.2. The Balaban J connectivity index is 2.35. The Kier molecular flexibility index (Phi) is 2.03. The zero-order valence-electron chi connectivity index (χ0n) is 7.92. The molecule has 15 heavy (non-hydrogen) atoms. The molecule has 1 aromatic heterocycles. The molecule has 2 nitrogen and oxygen atoms in total. The number of fused-ring (bicyclic) bond motifs is 2. The van der Waals surface area contributed by atoms with Crippen LogP contribution in [-0.2, 0) is 0 Å². The largest absolute Gasteiger partial charge is 0.247 e. The number of benzene rings is 1. The van der Waals surface area contributed by atoms with Crippen LogP contribution in [0.5, 0.6) is 0 Å². The van der Waals surface area contributed by atoms with E-state index in [1.807, 2.05) is 35.2 Å². The summed E-state index contributed by atoms with van der Waals surface area (Å²) in [5, 5.41) is 3.13. The van der Waals surface area contributed by atoms with E-state index < -0.39 is 0 Å². The van der Waals surface area contributed by atoms with E-state index >= 15 is 0 Å². The van der Waals surface area contributed by atoms with Gasteiger partial charge >= 0.3 is 0 Å². The Bertz CT molecular complexity index is 522. The van der Waals surface area contributed by atoms with E-state index in [2.05, 4.69) is 22.1 Å². The molecule has 72 valence electrons. The SMILES string of the molecule is C1=Cc2nc3ccccc3cc2N=CS1. The van der Waals surface area contributed by atoms with Crippen LogP contribution in [0.3, 0.4) is 0 Å². The Labute approximate surface area is 91.8 Å². The molecule has 0 N–H and O–H groups in total. The molecule has 0 saturated heterocycles. The molecule has 0 fully saturated rings. The van der Waals surface area contributed by atoms with Crippen molar-refractivity contribution in [2.45, 2.75) is 0 Å². The summed E-state index contributed by atoms with van der Waals surface area (Å²) in [6.07, 6.45) is 2.00. The summed E-state index contributed by atoms with van der Waals surface area (Å²) in [6.45, 7) is 0. The second-order valence-electron chi connectivity index (χ2n) is 3.26. The van der Waals surface area contributed by atoms with Gasteiger partial charge in [-0.3, -0.25) is 0 Å². The number of para-hydroxylation sites is 1. The molecule has 0 saturated carbocycles. The number of pyridine rings is 1. The highest BCUT2D eigenvalue weighted by molar-refractivity contribution is 8.14. The highest BCUT2D eigenvalue weighted by Crippen LogP contribution is 2.27. The van der Waals surface area contributed by atoms with Crippen LogP contribution in [0, 0.1) is 0 Å². The third kappa shape index (κ3) is 1.55. The monoisotopic (exact) mass is 212 g/mol. The number of hydrogen-bond donors (Lipinski definition) is 0. The van der Waals surface area contributed by atoms with Crippen LogP contribution in [0.15, 0.2) is 40.7 Å². The third-order valence-electron chi connectivity index (χ3n) is 2.29. The molecular weight excluding hydrogens is 204 g/mol. The second kappa shape index (κ2) is 3.51. The number of thioether (sulfide) groups is 1. The van der Waals surface area contributed by atoms with Crippen molar-refractivity contribution >= 4 is 40.0 Å². The number of rotatable bonds is 0. The van der Waals surface area contributed by atoms with Gasteiger partial charge in [0.25, 0.3) is 0 Å². The van der Waals surface area contributed by atoms with Crippen molar-refractivity contribution in [1.29, 1.82) is 0 Å². The van der Waals surface area contributed by atoms with Crippen LogP contribution in [0.1, 0.15) is 5.69 Å². The first kappa shape index (κ1) is 8.68. The minimum absolute atomic E-state index is 0.940. The lowest BCUT2D eigenvalue weighted by molar-refractivity contribution is 1.35. The van der Waals surface area contributed by atoms with Crippen LogP contribution in [0.4, 0.5) is 5.69 Å². The van der Waals surface area contributed by atoms with Crippen molar-refractivity contribution < 1.29 is 0 Å². The zero-order valence-corrected chi connectivity index (χ0v) is 8.74. The normalized spacial score (nSPS) is 13.9. The molecule has 0 bridgehead atoms. The number of aliphatic imine (C=N–C) groups is 1. The topological polar surface area (TPSA) is 25.2 Å². The van der Waals surface area contributed by atoms with Gasteiger partial charge in [0.2, 0.25) is 0 Å². The molecular formula is C12H8N2S. The van der Waals surface area contributed by atoms with E-state index in [1.54, 1.807) is 11.8 Å². The maximum absolute atomic E-state index is 4.56. The molecule has 0 amide bonds. The number of hydrogen-bond acceptors (Lipinski definition) is 3. The molecule has 0 unspecified atom stereocenters. The maximum atomic E-state index is 4.56. The van der Waals surface area contributed by atoms with E-state index in [1.165, 1.54) is 0 Å². The Hall–Kier alpha value is -1.61. The predicted molar refractivity (Wildman–Crippen MR) is 66.5 cm³/mol. The second-order valence-corrected chi connectivity index (χ2v) is 4.01. The number of aromatic nitrogens is 1. The van der Waals surface area contributed by atoms with Crippen molar-refractivity contribution in [3.8, 4) is 0 Å². The molecule has 2 aromatic rings. The van der Waals surface area contributed by atoms with Gasteiger partial charge < -0.3 is 0 Å². The minimum Gasteiger partial charge on any atom is -0.247 e. The van der Waals surface area contributed by atoms with Crippen LogP contribution >= 0.6 is 11.8 Å². The van der Waals surface area contributed by atoms with Gasteiger partial charge in [-0.15, -0.1) is 0 Å². The van der Waals surface area contributed by atoms with Gasteiger partial charge in [-0.2, -0.15) is 0 Å². The van der Waals surface area contributed by atoms with Crippen LogP contribution < -0.4 is 0 Å². The van der Waals surface area contributed by atoms with Crippen molar-refractivity contribution in [1.82, 2.24) is 4.98 Å². The summed E-state index contributed by atoms with van der Waals surface area (Å²) in [7, 11) is 0. The summed E-state index contributed by atoms with van der Waals surface area (Å²) in [5.74, 6) is 0. The van der Waals surface area contributed by atoms with Crippen LogP contribution in [0.25, 0.3) is 17.0 Å². The van der Waals surface area contributed by atoms with Gasteiger partial charge in [-0.1, -0.05) is 30.0 Å². The third-order valence-corrected chi connectivity index (χ3v) is 2.81. The first-order valence-electron chi connectivity index (χ1n) is 4.68. The number of nitrogens with zero attached hydrogens (tertiary/aromatic N) is 2. The van der Waals surface area contributed by atoms with Crippen molar-refractivity contribution in [3.63, 3.8) is 0 Å². The van der Waals surface area contributed by atoms with E-state index in [-0.39, 0.29) is 0 Å². The summed E-state index contributed by atoms with van der Waals surface area (Å²) >= 11 is 1.57. The molecule has 0 radical (unpaired) electrons. The molecule has 3 heteroatoms. The maximum Gasteiger partial charge on any atom is 0.0899 e. The van der Waals surface area contributed by atoms with Crippen molar-refractivity contribution in [2.24, 2.45) is 4.99 Å². The molecule has 3 rings (SSSR count). The highest BCUT2D eigenvalue weighted by Gasteiger charge is 2.04. The van der Waals surface area contributed by atoms with Crippen molar-refractivity contribution in [3.05, 3.63) is 41.4 Å². The fourth-order valence-corrected chi connectivity index (χ4v) is 2.02. The van der Waals surface area contributed by atoms with Gasteiger partial charge in [0.1, 0.15) is 0 Å². The summed E-state index contributed by atoms with van der Waals surface area (Å²) < 4.78 is 0. The molecule has 1 aliphatic rings. The van der Waals surface area contributed by atoms with E-state index in [0.29, 0.717) is 0 Å². The van der Waals surface area contributed by atoms with E-state index in [4.69, 9.17) is 0 Å². The molecule has 0 spiro atoms. The standard InChI is InChI=1S/C12H8N2S/c1-2-4-10-9(3-1)7-12-11(14-10)5-6-15-8-13-12/h1-8H. The van der Waals surface area contributed by atoms with Crippen molar-refractivity contribution in [2.75, 3.05) is 0 Å². The average Bonchev–Trinajstić information content (AvgIpc) is 2.50. The lowest BCUT2D eigenvalue weighted by atomic mass is 10.2. The smallest absolute Gasteiger partial charge is 0.0899 e. The lowest BCUT2D eigenvalue weighted by Crippen LogP contribution is -1.83. The predicted octanol–water partition coefficient (Wildman–Crippen LogP) is 3.61. The Morgan fingerprint density at radius 2 is 2.07 bits per heavy atom. The fourth-order valence-electron chi connectivity index (χ4n) is 1.57. The zero-order chi connectivity index (χ0) is 10.1. The molecule has 0 aliphatic carbocycles. The van der Waals surface area contributed by atoms with Crippen LogP contribution in [0.2, 0.25) is 0 Å². The highest BCUT2D eigenvalue weighted by atomic mass is 32.2. The van der Waals surface area contributed by atoms with Gasteiger partial charge in [0, 0.05) is 5.39 Å². The van der Waals surface area contributed by atoms with Gasteiger partial charge in [0.05, 0.1) is 22.4 Å².